The number of fused-ring (bicyclic) bond motifs is 3. The lowest BCUT2D eigenvalue weighted by atomic mass is 9.88. The highest BCUT2D eigenvalue weighted by Gasteiger charge is 2.45. The third-order valence-electron chi connectivity index (χ3n) is 7.19. The molecule has 9 nitrogen and oxygen atoms in total. The largest absolute Gasteiger partial charge is 0.444 e. The molecule has 192 valence electrons. The van der Waals surface area contributed by atoms with E-state index >= 15 is 0 Å². The summed E-state index contributed by atoms with van der Waals surface area (Å²) < 4.78 is 7.38. The number of nitrogens with zero attached hydrogens (tertiary/aromatic N) is 6. The predicted molar refractivity (Wildman–Crippen MR) is 143 cm³/mol. The number of amides is 1. The number of anilines is 1. The van der Waals surface area contributed by atoms with Crippen LogP contribution < -0.4 is 5.73 Å². The third-order valence-corrected chi connectivity index (χ3v) is 8.13. The lowest BCUT2D eigenvalue weighted by Gasteiger charge is -2.39. The summed E-state index contributed by atoms with van der Waals surface area (Å²) in [7, 11) is 0. The van der Waals surface area contributed by atoms with E-state index in [0.717, 1.165) is 63.7 Å². The molecule has 10 heteroatoms. The molecule has 2 unspecified atom stereocenters. The second kappa shape index (κ2) is 8.79. The molecule has 6 heterocycles. The Kier molecular flexibility index (Phi) is 5.67. The van der Waals surface area contributed by atoms with Crippen LogP contribution in [0.5, 0.6) is 0 Å². The van der Waals surface area contributed by atoms with Crippen LogP contribution in [0.4, 0.5) is 10.6 Å². The Morgan fingerprint density at radius 1 is 1.11 bits per heavy atom. The number of piperidine rings is 1. The van der Waals surface area contributed by atoms with Crippen LogP contribution in [0.25, 0.3) is 27.5 Å². The zero-order chi connectivity index (χ0) is 25.9. The molecule has 2 aliphatic rings. The van der Waals surface area contributed by atoms with Crippen molar-refractivity contribution in [1.82, 2.24) is 29.5 Å². The molecule has 37 heavy (non-hydrogen) atoms. The van der Waals surface area contributed by atoms with E-state index in [1.165, 1.54) is 0 Å². The fraction of sp³-hybridized carbons (Fsp3) is 0.444. The van der Waals surface area contributed by atoms with E-state index in [9.17, 15) is 4.79 Å². The van der Waals surface area contributed by atoms with Crippen molar-refractivity contribution in [2.24, 2.45) is 0 Å². The Balaban J connectivity index is 1.28. The minimum absolute atomic E-state index is 0.161. The molecule has 0 aromatic carbocycles. The highest BCUT2D eigenvalue weighted by atomic mass is 32.1. The molecular weight excluding hydrogens is 486 g/mol. The van der Waals surface area contributed by atoms with Gasteiger partial charge in [0.05, 0.1) is 11.9 Å². The van der Waals surface area contributed by atoms with Crippen molar-refractivity contribution in [3.05, 3.63) is 47.4 Å². The summed E-state index contributed by atoms with van der Waals surface area (Å²) in [5.74, 6) is 0.774. The lowest BCUT2D eigenvalue weighted by molar-refractivity contribution is 0.00570. The number of aromatic nitrogens is 5. The topological polar surface area (TPSA) is 112 Å². The van der Waals surface area contributed by atoms with E-state index in [-0.39, 0.29) is 24.1 Å². The van der Waals surface area contributed by atoms with Crippen LogP contribution in [-0.4, -0.2) is 53.2 Å². The predicted octanol–water partition coefficient (Wildman–Crippen LogP) is 5.45. The number of carbonyl (C=O) groups is 1. The first kappa shape index (κ1) is 23.8. The Hall–Kier alpha value is -3.53. The van der Waals surface area contributed by atoms with Crippen LogP contribution in [-0.2, 0) is 4.74 Å². The van der Waals surface area contributed by atoms with Gasteiger partial charge in [-0.1, -0.05) is 6.07 Å². The van der Waals surface area contributed by atoms with Gasteiger partial charge < -0.3 is 15.4 Å². The number of thiazole rings is 1. The van der Waals surface area contributed by atoms with Gasteiger partial charge in [0.25, 0.3) is 0 Å². The molecule has 2 N–H and O–H groups in total. The van der Waals surface area contributed by atoms with Crippen LogP contribution in [0, 0.1) is 6.92 Å². The molecule has 0 saturated carbocycles. The Morgan fingerprint density at radius 3 is 2.49 bits per heavy atom. The number of hydrogen-bond donors (Lipinski definition) is 1. The summed E-state index contributed by atoms with van der Waals surface area (Å²) in [6.45, 7) is 7.77. The number of ether oxygens (including phenoxy) is 1. The van der Waals surface area contributed by atoms with Crippen molar-refractivity contribution in [3.8, 4) is 21.8 Å². The maximum Gasteiger partial charge on any atom is 0.410 e. The van der Waals surface area contributed by atoms with Gasteiger partial charge in [-0.05, 0) is 59.4 Å². The fourth-order valence-electron chi connectivity index (χ4n) is 5.60. The standard InChI is InChI=1S/C27H31N7O2S/c1-15-12-30-25(37-15)21-8-5-16(13-29-21)20-14-31-34-23(28)11-22(32-24(20)34)17-9-18-6-7-19(10-17)33(18)26(35)36-27(2,3)4/h5,8,11-14,17-19H,6-7,9-10,28H2,1-4H3. The maximum atomic E-state index is 12.9. The monoisotopic (exact) mass is 517 g/mol. The van der Waals surface area contributed by atoms with Crippen molar-refractivity contribution in [1.29, 1.82) is 0 Å². The van der Waals surface area contributed by atoms with Crippen LogP contribution in [0.3, 0.4) is 0 Å². The van der Waals surface area contributed by atoms with Crippen molar-refractivity contribution < 1.29 is 9.53 Å². The van der Waals surface area contributed by atoms with Gasteiger partial charge >= 0.3 is 6.09 Å². The normalized spacial score (nSPS) is 21.5. The Labute approximate surface area is 219 Å². The number of pyridine rings is 1. The number of hydrogen-bond acceptors (Lipinski definition) is 8. The van der Waals surface area contributed by atoms with Crippen molar-refractivity contribution in [3.63, 3.8) is 0 Å². The van der Waals surface area contributed by atoms with E-state index in [2.05, 4.69) is 15.1 Å². The maximum absolute atomic E-state index is 12.9. The van der Waals surface area contributed by atoms with Crippen LogP contribution in [0.15, 0.2) is 36.8 Å². The second-order valence-corrected chi connectivity index (χ2v) is 12.3. The zero-order valence-electron chi connectivity index (χ0n) is 21.5. The second-order valence-electron chi connectivity index (χ2n) is 11.0. The summed E-state index contributed by atoms with van der Waals surface area (Å²) in [6.07, 6.45) is 8.98. The third kappa shape index (κ3) is 4.43. The van der Waals surface area contributed by atoms with Gasteiger partial charge in [-0.25, -0.2) is 14.8 Å². The van der Waals surface area contributed by atoms with Crippen LogP contribution in [0.2, 0.25) is 0 Å². The summed E-state index contributed by atoms with van der Waals surface area (Å²) in [4.78, 5) is 30.1. The molecule has 0 aliphatic carbocycles. The first-order chi connectivity index (χ1) is 17.7. The minimum Gasteiger partial charge on any atom is -0.444 e. The van der Waals surface area contributed by atoms with Gasteiger partial charge in [-0.15, -0.1) is 11.3 Å². The first-order valence-electron chi connectivity index (χ1n) is 12.7. The van der Waals surface area contributed by atoms with Gasteiger partial charge in [-0.3, -0.25) is 4.98 Å². The number of carbonyl (C=O) groups excluding carboxylic acids is 1. The molecule has 2 fully saturated rings. The highest BCUT2D eigenvalue weighted by Crippen LogP contribution is 2.44. The van der Waals surface area contributed by atoms with Gasteiger partial charge in [0.15, 0.2) is 5.65 Å². The van der Waals surface area contributed by atoms with Crippen molar-refractivity contribution in [2.45, 2.75) is 77.0 Å². The van der Waals surface area contributed by atoms with E-state index in [1.54, 1.807) is 22.0 Å². The van der Waals surface area contributed by atoms with Crippen LogP contribution in [0.1, 0.15) is 62.9 Å². The molecule has 2 bridgehead atoms. The molecule has 0 radical (unpaired) electrons. The zero-order valence-corrected chi connectivity index (χ0v) is 22.3. The molecule has 2 aliphatic heterocycles. The first-order valence-corrected chi connectivity index (χ1v) is 13.5. The minimum atomic E-state index is -0.501. The van der Waals surface area contributed by atoms with E-state index in [0.29, 0.717) is 5.82 Å². The van der Waals surface area contributed by atoms with Crippen molar-refractivity contribution in [2.75, 3.05) is 5.73 Å². The summed E-state index contributed by atoms with van der Waals surface area (Å²) >= 11 is 1.62. The molecule has 4 aromatic rings. The molecule has 6 rings (SSSR count). The Bertz CT molecular complexity index is 1460. The summed E-state index contributed by atoms with van der Waals surface area (Å²) in [5.41, 5.74) is 10.3. The average Bonchev–Trinajstić information content (AvgIpc) is 3.54. The smallest absolute Gasteiger partial charge is 0.410 e. The van der Waals surface area contributed by atoms with E-state index in [1.807, 2.05) is 63.2 Å². The number of aryl methyl sites for hydroxylation is 1. The SMILES string of the molecule is Cc1cnc(-c2ccc(-c3cnn4c(N)cc(C5CC6CCC(C5)N6C(=O)OC(C)(C)C)nc34)cn2)s1. The van der Waals surface area contributed by atoms with E-state index < -0.39 is 5.60 Å². The van der Waals surface area contributed by atoms with Gasteiger partial charge in [0.1, 0.15) is 16.4 Å². The highest BCUT2D eigenvalue weighted by molar-refractivity contribution is 7.14. The lowest BCUT2D eigenvalue weighted by Crippen LogP contribution is -2.48. The average molecular weight is 518 g/mol. The fourth-order valence-corrected chi connectivity index (χ4v) is 6.34. The van der Waals surface area contributed by atoms with Gasteiger partial charge in [-0.2, -0.15) is 9.61 Å². The summed E-state index contributed by atoms with van der Waals surface area (Å²) in [6, 6.07) is 6.26. The van der Waals surface area contributed by atoms with Crippen molar-refractivity contribution >= 4 is 28.9 Å². The van der Waals surface area contributed by atoms with E-state index in [4.69, 9.17) is 15.5 Å². The number of rotatable bonds is 3. The van der Waals surface area contributed by atoms with Crippen LogP contribution >= 0.6 is 11.3 Å². The van der Waals surface area contributed by atoms with Gasteiger partial charge in [0, 0.05) is 58.2 Å². The number of nitrogen functional groups attached to an aromatic ring is 1. The Morgan fingerprint density at radius 2 is 1.86 bits per heavy atom. The molecule has 2 saturated heterocycles. The molecule has 1 amide bonds. The van der Waals surface area contributed by atoms with Gasteiger partial charge in [0.2, 0.25) is 0 Å². The molecular formula is C27H31N7O2S. The molecule has 4 aromatic heterocycles. The summed E-state index contributed by atoms with van der Waals surface area (Å²) in [5, 5.41) is 5.40. The molecule has 0 spiro atoms. The molecule has 2 atom stereocenters. The number of nitrogens with two attached hydrogens (primary N) is 1. The quantitative estimate of drug-likeness (QED) is 0.384.